The summed E-state index contributed by atoms with van der Waals surface area (Å²) in [6.07, 6.45) is 2.42. The molecule has 2 aromatic rings. The van der Waals surface area contributed by atoms with Gasteiger partial charge in [0.1, 0.15) is 4.47 Å². The Morgan fingerprint density at radius 3 is 2.69 bits per heavy atom. The van der Waals surface area contributed by atoms with Crippen LogP contribution in [-0.2, 0) is 6.42 Å². The first-order valence-corrected chi connectivity index (χ1v) is 6.33. The van der Waals surface area contributed by atoms with Crippen LogP contribution in [0, 0.1) is 0 Å². The molecule has 0 bridgehead atoms. The van der Waals surface area contributed by atoms with E-state index in [-0.39, 0.29) is 5.56 Å². The topological polar surface area (TPSA) is 50.7 Å². The highest BCUT2D eigenvalue weighted by molar-refractivity contribution is 9.10. The van der Waals surface area contributed by atoms with Crippen LogP contribution in [0.1, 0.15) is 12.6 Å². The fraction of sp³-hybridized carbons (Fsp3) is 0.200. The molecule has 0 aliphatic carbocycles. The maximum atomic E-state index is 11.9. The number of H-pyrrole nitrogens is 1. The van der Waals surface area contributed by atoms with Crippen molar-refractivity contribution in [3.63, 3.8) is 0 Å². The van der Waals surface area contributed by atoms with Crippen molar-refractivity contribution in [1.29, 1.82) is 0 Å². The van der Waals surface area contributed by atoms with Crippen LogP contribution in [0.4, 0.5) is 0 Å². The Hall–Kier alpha value is -0.880. The number of aromatic nitrogens is 3. The van der Waals surface area contributed by atoms with Gasteiger partial charge in [-0.3, -0.25) is 9.89 Å². The zero-order valence-electron chi connectivity index (χ0n) is 8.50. The van der Waals surface area contributed by atoms with Crippen molar-refractivity contribution in [3.05, 3.63) is 43.3 Å². The monoisotopic (exact) mass is 345 g/mol. The molecule has 0 fully saturated rings. The Labute approximate surface area is 109 Å². The summed E-state index contributed by atoms with van der Waals surface area (Å²) in [5.41, 5.74) is 0.751. The van der Waals surface area contributed by atoms with Gasteiger partial charge in [0.05, 0.1) is 5.69 Å². The molecule has 0 aromatic carbocycles. The second-order valence-electron chi connectivity index (χ2n) is 3.23. The molecule has 2 rings (SSSR count). The quantitative estimate of drug-likeness (QED) is 0.908. The Morgan fingerprint density at radius 1 is 1.44 bits per heavy atom. The molecule has 0 radical (unpaired) electrons. The second-order valence-corrected chi connectivity index (χ2v) is 4.94. The molecule has 84 valence electrons. The molecular weight excluding hydrogens is 338 g/mol. The van der Waals surface area contributed by atoms with Crippen molar-refractivity contribution in [3.8, 4) is 5.82 Å². The number of aryl methyl sites for hydroxylation is 1. The van der Waals surface area contributed by atoms with Crippen LogP contribution >= 0.6 is 31.9 Å². The number of hydrogen-bond donors (Lipinski definition) is 1. The summed E-state index contributed by atoms with van der Waals surface area (Å²) in [6, 6.07) is 3.61. The van der Waals surface area contributed by atoms with Crippen molar-refractivity contribution in [2.24, 2.45) is 0 Å². The highest BCUT2D eigenvalue weighted by Crippen LogP contribution is 2.13. The van der Waals surface area contributed by atoms with Crippen molar-refractivity contribution < 1.29 is 0 Å². The second kappa shape index (κ2) is 4.55. The normalized spacial score (nSPS) is 10.7. The minimum absolute atomic E-state index is 0.119. The summed E-state index contributed by atoms with van der Waals surface area (Å²) < 4.78 is 2.88. The van der Waals surface area contributed by atoms with E-state index in [2.05, 4.69) is 41.9 Å². The molecule has 6 heteroatoms. The fourth-order valence-corrected chi connectivity index (χ4v) is 2.14. The molecule has 0 atom stereocenters. The number of halogens is 2. The van der Waals surface area contributed by atoms with E-state index in [0.29, 0.717) is 10.3 Å². The number of nitrogens with one attached hydrogen (secondary N) is 1. The van der Waals surface area contributed by atoms with E-state index in [1.54, 1.807) is 12.3 Å². The van der Waals surface area contributed by atoms with E-state index >= 15 is 0 Å². The van der Waals surface area contributed by atoms with E-state index < -0.39 is 0 Å². The van der Waals surface area contributed by atoms with E-state index in [1.165, 1.54) is 4.68 Å². The predicted molar refractivity (Wildman–Crippen MR) is 69.0 cm³/mol. The first kappa shape index (κ1) is 11.6. The van der Waals surface area contributed by atoms with Gasteiger partial charge < -0.3 is 0 Å². The van der Waals surface area contributed by atoms with Crippen LogP contribution in [0.2, 0.25) is 0 Å². The maximum absolute atomic E-state index is 11.9. The molecule has 2 heterocycles. The van der Waals surface area contributed by atoms with Crippen LogP contribution in [0.3, 0.4) is 0 Å². The highest BCUT2D eigenvalue weighted by Gasteiger charge is 2.11. The van der Waals surface area contributed by atoms with Crippen LogP contribution in [0.25, 0.3) is 5.82 Å². The van der Waals surface area contributed by atoms with E-state index in [4.69, 9.17) is 0 Å². The minimum Gasteiger partial charge on any atom is -0.292 e. The zero-order valence-corrected chi connectivity index (χ0v) is 11.7. The third-order valence-corrected chi connectivity index (χ3v) is 3.48. The average Bonchev–Trinajstić information content (AvgIpc) is 2.57. The van der Waals surface area contributed by atoms with Gasteiger partial charge in [-0.25, -0.2) is 9.67 Å². The molecule has 2 aromatic heterocycles. The molecule has 0 unspecified atom stereocenters. The maximum Gasteiger partial charge on any atom is 0.287 e. The third kappa shape index (κ3) is 1.99. The molecule has 16 heavy (non-hydrogen) atoms. The first-order chi connectivity index (χ1) is 7.63. The zero-order chi connectivity index (χ0) is 11.7. The van der Waals surface area contributed by atoms with Gasteiger partial charge in [0, 0.05) is 10.7 Å². The van der Waals surface area contributed by atoms with Crippen molar-refractivity contribution >= 4 is 31.9 Å². The Kier molecular flexibility index (Phi) is 3.30. The summed E-state index contributed by atoms with van der Waals surface area (Å²) in [5.74, 6) is 0.577. The van der Waals surface area contributed by atoms with Crippen LogP contribution in [0.15, 0.2) is 32.1 Å². The summed E-state index contributed by atoms with van der Waals surface area (Å²) >= 11 is 6.57. The van der Waals surface area contributed by atoms with Gasteiger partial charge in [-0.1, -0.05) is 6.92 Å². The SMILES string of the molecule is CCc1[nH]n(-c2ccc(Br)cn2)c(=O)c1Br. The number of nitrogens with zero attached hydrogens (tertiary/aromatic N) is 2. The molecule has 4 nitrogen and oxygen atoms in total. The molecule has 1 N–H and O–H groups in total. The molecule has 0 saturated carbocycles. The molecule has 0 aliphatic rings. The van der Waals surface area contributed by atoms with Crippen LogP contribution < -0.4 is 5.56 Å². The largest absolute Gasteiger partial charge is 0.292 e. The summed E-state index contributed by atoms with van der Waals surface area (Å²) in [6.45, 7) is 1.98. The van der Waals surface area contributed by atoms with Gasteiger partial charge in [-0.05, 0) is 50.4 Å². The summed E-state index contributed by atoms with van der Waals surface area (Å²) in [7, 11) is 0. The fourth-order valence-electron chi connectivity index (χ4n) is 1.36. The van der Waals surface area contributed by atoms with Crippen molar-refractivity contribution in [2.45, 2.75) is 13.3 Å². The van der Waals surface area contributed by atoms with Crippen molar-refractivity contribution in [2.75, 3.05) is 0 Å². The average molecular weight is 347 g/mol. The van der Waals surface area contributed by atoms with Gasteiger partial charge in [0.2, 0.25) is 0 Å². The summed E-state index contributed by atoms with van der Waals surface area (Å²) in [4.78, 5) is 16.0. The van der Waals surface area contributed by atoms with Gasteiger partial charge in [0.25, 0.3) is 5.56 Å². The van der Waals surface area contributed by atoms with Crippen LogP contribution in [0.5, 0.6) is 0 Å². The van der Waals surface area contributed by atoms with E-state index in [0.717, 1.165) is 16.6 Å². The molecule has 0 spiro atoms. The van der Waals surface area contributed by atoms with Crippen molar-refractivity contribution in [1.82, 2.24) is 14.8 Å². The molecule has 0 aliphatic heterocycles. The lowest BCUT2D eigenvalue weighted by molar-refractivity contribution is 0.794. The third-order valence-electron chi connectivity index (χ3n) is 2.20. The Bertz CT molecular complexity index is 556. The lowest BCUT2D eigenvalue weighted by Crippen LogP contribution is -2.15. The number of pyridine rings is 1. The van der Waals surface area contributed by atoms with Gasteiger partial charge >= 0.3 is 0 Å². The highest BCUT2D eigenvalue weighted by atomic mass is 79.9. The Balaban J connectivity index is 2.56. The first-order valence-electron chi connectivity index (χ1n) is 4.74. The van der Waals surface area contributed by atoms with Crippen LogP contribution in [-0.4, -0.2) is 14.8 Å². The van der Waals surface area contributed by atoms with Gasteiger partial charge in [-0.2, -0.15) is 0 Å². The number of rotatable bonds is 2. The lowest BCUT2D eigenvalue weighted by atomic mass is 10.3. The lowest BCUT2D eigenvalue weighted by Gasteiger charge is -1.99. The number of hydrogen-bond acceptors (Lipinski definition) is 2. The Morgan fingerprint density at radius 2 is 2.19 bits per heavy atom. The molecule has 0 amide bonds. The van der Waals surface area contributed by atoms with E-state index in [1.807, 2.05) is 13.0 Å². The predicted octanol–water partition coefficient (Wildman–Crippen LogP) is 2.65. The smallest absolute Gasteiger partial charge is 0.287 e. The van der Waals surface area contributed by atoms with Gasteiger partial charge in [-0.15, -0.1) is 0 Å². The molecular formula is C10H9Br2N3O. The minimum atomic E-state index is -0.119. The van der Waals surface area contributed by atoms with Gasteiger partial charge in [0.15, 0.2) is 5.82 Å². The molecule has 0 saturated heterocycles. The number of aromatic amines is 1. The standard InChI is InChI=1S/C10H9Br2N3O/c1-2-7-9(12)10(16)15(14-7)8-4-3-6(11)5-13-8/h3-5,14H,2H2,1H3. The van der Waals surface area contributed by atoms with E-state index in [9.17, 15) is 4.79 Å². The summed E-state index contributed by atoms with van der Waals surface area (Å²) in [5, 5.41) is 3.01.